The molecule has 60 valence electrons. The van der Waals surface area contributed by atoms with E-state index in [1.807, 2.05) is 19.1 Å². The van der Waals surface area contributed by atoms with Gasteiger partial charge >= 0.3 is 0 Å². The third kappa shape index (κ3) is 1.95. The average molecular weight is 327 g/mol. The molecular weight excluding hydrogens is 319 g/mol. The normalized spacial score (nSPS) is 10.2. The van der Waals surface area contributed by atoms with E-state index < -0.39 is 0 Å². The van der Waals surface area contributed by atoms with Crippen LogP contribution in [0.5, 0.6) is 0 Å². The summed E-state index contributed by atoms with van der Waals surface area (Å²) in [4.78, 5) is 0. The molecule has 0 aliphatic heterocycles. The van der Waals surface area contributed by atoms with E-state index in [2.05, 4.69) is 38.5 Å². The molecule has 1 rings (SSSR count). The van der Waals surface area contributed by atoms with Crippen LogP contribution in [0.15, 0.2) is 16.6 Å². The summed E-state index contributed by atoms with van der Waals surface area (Å²) in [5, 5.41) is 9.00. The van der Waals surface area contributed by atoms with Crippen molar-refractivity contribution in [2.75, 3.05) is 0 Å². The lowest BCUT2D eigenvalue weighted by molar-refractivity contribution is 0.280. The molecule has 0 unspecified atom stereocenters. The second-order valence-electron chi connectivity index (χ2n) is 2.31. The number of benzene rings is 1. The monoisotopic (exact) mass is 326 g/mol. The SMILES string of the molecule is Cc1ccc(Br)c(I)c1CO. The predicted molar refractivity (Wildman–Crippen MR) is 57.5 cm³/mol. The van der Waals surface area contributed by atoms with E-state index in [4.69, 9.17) is 5.11 Å². The Hall–Kier alpha value is 0.390. The minimum atomic E-state index is 0.115. The highest BCUT2D eigenvalue weighted by atomic mass is 127. The summed E-state index contributed by atoms with van der Waals surface area (Å²) in [6, 6.07) is 3.99. The summed E-state index contributed by atoms with van der Waals surface area (Å²) in [7, 11) is 0. The molecule has 1 N–H and O–H groups in total. The fourth-order valence-corrected chi connectivity index (χ4v) is 2.03. The fraction of sp³-hybridized carbons (Fsp3) is 0.250. The Labute approximate surface area is 88.1 Å². The Bertz CT molecular complexity index is 273. The number of hydrogen-bond donors (Lipinski definition) is 1. The van der Waals surface area contributed by atoms with E-state index in [0.29, 0.717) is 0 Å². The predicted octanol–water partition coefficient (Wildman–Crippen LogP) is 2.85. The van der Waals surface area contributed by atoms with Crippen LogP contribution in [0.1, 0.15) is 11.1 Å². The maximum absolute atomic E-state index is 9.00. The van der Waals surface area contributed by atoms with Gasteiger partial charge in [-0.3, -0.25) is 0 Å². The van der Waals surface area contributed by atoms with Crippen molar-refractivity contribution in [3.63, 3.8) is 0 Å². The summed E-state index contributed by atoms with van der Waals surface area (Å²) in [5.41, 5.74) is 2.15. The zero-order chi connectivity index (χ0) is 8.43. The molecule has 0 aromatic heterocycles. The van der Waals surface area contributed by atoms with Gasteiger partial charge in [-0.2, -0.15) is 0 Å². The number of aliphatic hydroxyl groups is 1. The zero-order valence-corrected chi connectivity index (χ0v) is 9.81. The molecule has 0 saturated heterocycles. The molecule has 0 saturated carbocycles. The van der Waals surface area contributed by atoms with Crippen LogP contribution in [0.3, 0.4) is 0 Å². The van der Waals surface area contributed by atoms with Gasteiger partial charge in [0.25, 0.3) is 0 Å². The number of halogens is 2. The van der Waals surface area contributed by atoms with Crippen LogP contribution in [0.2, 0.25) is 0 Å². The van der Waals surface area contributed by atoms with Gasteiger partial charge in [0.1, 0.15) is 0 Å². The third-order valence-corrected chi connectivity index (χ3v) is 4.22. The van der Waals surface area contributed by atoms with E-state index in [9.17, 15) is 0 Å². The van der Waals surface area contributed by atoms with Crippen molar-refractivity contribution in [3.05, 3.63) is 31.3 Å². The van der Waals surface area contributed by atoms with Crippen molar-refractivity contribution in [2.24, 2.45) is 0 Å². The van der Waals surface area contributed by atoms with Gasteiger partial charge in [0, 0.05) is 8.04 Å². The lowest BCUT2D eigenvalue weighted by Gasteiger charge is -2.06. The summed E-state index contributed by atoms with van der Waals surface area (Å²) < 4.78 is 2.15. The van der Waals surface area contributed by atoms with E-state index in [1.54, 1.807) is 0 Å². The largest absolute Gasteiger partial charge is 0.392 e. The van der Waals surface area contributed by atoms with Crippen LogP contribution in [0.25, 0.3) is 0 Å². The van der Waals surface area contributed by atoms with Gasteiger partial charge in [0.15, 0.2) is 0 Å². The van der Waals surface area contributed by atoms with Crippen LogP contribution < -0.4 is 0 Å². The lowest BCUT2D eigenvalue weighted by Crippen LogP contribution is -1.93. The molecule has 0 spiro atoms. The Balaban J connectivity index is 3.29. The average Bonchev–Trinajstić information content (AvgIpc) is 1.99. The second-order valence-corrected chi connectivity index (χ2v) is 4.25. The fourth-order valence-electron chi connectivity index (χ4n) is 0.883. The van der Waals surface area contributed by atoms with Gasteiger partial charge in [0.05, 0.1) is 6.61 Å². The maximum Gasteiger partial charge on any atom is 0.0695 e. The molecule has 0 fully saturated rings. The first kappa shape index (κ1) is 9.48. The summed E-state index contributed by atoms with van der Waals surface area (Å²) in [6.45, 7) is 2.11. The number of aryl methyl sites for hydroxylation is 1. The third-order valence-electron chi connectivity index (χ3n) is 1.59. The van der Waals surface area contributed by atoms with Gasteiger partial charge in [-0.1, -0.05) is 6.07 Å². The number of aliphatic hydroxyl groups excluding tert-OH is 1. The molecule has 1 aromatic carbocycles. The van der Waals surface area contributed by atoms with Gasteiger partial charge in [0.2, 0.25) is 0 Å². The summed E-state index contributed by atoms with van der Waals surface area (Å²) in [5.74, 6) is 0. The molecular formula is C8H8BrIO. The van der Waals surface area contributed by atoms with Crippen molar-refractivity contribution in [1.29, 1.82) is 0 Å². The first-order chi connectivity index (χ1) is 5.16. The van der Waals surface area contributed by atoms with E-state index in [-0.39, 0.29) is 6.61 Å². The Morgan fingerprint density at radius 3 is 2.64 bits per heavy atom. The Morgan fingerprint density at radius 2 is 2.18 bits per heavy atom. The molecule has 1 aromatic rings. The van der Waals surface area contributed by atoms with Crippen molar-refractivity contribution >= 4 is 38.5 Å². The van der Waals surface area contributed by atoms with Crippen LogP contribution in [-0.4, -0.2) is 5.11 Å². The van der Waals surface area contributed by atoms with Crippen molar-refractivity contribution < 1.29 is 5.11 Å². The van der Waals surface area contributed by atoms with Gasteiger partial charge < -0.3 is 5.11 Å². The molecule has 0 bridgehead atoms. The standard InChI is InChI=1S/C8H8BrIO/c1-5-2-3-7(9)8(10)6(5)4-11/h2-3,11H,4H2,1H3. The molecule has 11 heavy (non-hydrogen) atoms. The molecule has 0 radical (unpaired) electrons. The number of hydrogen-bond acceptors (Lipinski definition) is 1. The van der Waals surface area contributed by atoms with Crippen LogP contribution in [0.4, 0.5) is 0 Å². The molecule has 0 amide bonds. The molecule has 0 aliphatic rings. The highest BCUT2D eigenvalue weighted by Gasteiger charge is 2.04. The Kier molecular flexibility index (Phi) is 3.33. The van der Waals surface area contributed by atoms with Crippen molar-refractivity contribution in [3.8, 4) is 0 Å². The first-order valence-electron chi connectivity index (χ1n) is 3.21. The van der Waals surface area contributed by atoms with Crippen molar-refractivity contribution in [1.82, 2.24) is 0 Å². The maximum atomic E-state index is 9.00. The Morgan fingerprint density at radius 1 is 1.55 bits per heavy atom. The van der Waals surface area contributed by atoms with Gasteiger partial charge in [-0.05, 0) is 62.6 Å². The molecule has 0 atom stereocenters. The van der Waals surface area contributed by atoms with Crippen LogP contribution >= 0.6 is 38.5 Å². The minimum Gasteiger partial charge on any atom is -0.392 e. The lowest BCUT2D eigenvalue weighted by atomic mass is 10.1. The van der Waals surface area contributed by atoms with Gasteiger partial charge in [-0.25, -0.2) is 0 Å². The highest BCUT2D eigenvalue weighted by Crippen LogP contribution is 2.25. The summed E-state index contributed by atoms with van der Waals surface area (Å²) in [6.07, 6.45) is 0. The molecule has 1 nitrogen and oxygen atoms in total. The second kappa shape index (κ2) is 3.87. The topological polar surface area (TPSA) is 20.2 Å². The minimum absolute atomic E-state index is 0.115. The highest BCUT2D eigenvalue weighted by molar-refractivity contribution is 14.1. The van der Waals surface area contributed by atoms with E-state index >= 15 is 0 Å². The van der Waals surface area contributed by atoms with Gasteiger partial charge in [-0.15, -0.1) is 0 Å². The van der Waals surface area contributed by atoms with E-state index in [0.717, 1.165) is 19.2 Å². The molecule has 0 aliphatic carbocycles. The summed E-state index contributed by atoms with van der Waals surface area (Å²) >= 11 is 5.63. The van der Waals surface area contributed by atoms with E-state index in [1.165, 1.54) is 0 Å². The van der Waals surface area contributed by atoms with Crippen LogP contribution in [0, 0.1) is 10.5 Å². The zero-order valence-electron chi connectivity index (χ0n) is 6.06. The van der Waals surface area contributed by atoms with Crippen molar-refractivity contribution in [2.45, 2.75) is 13.5 Å². The first-order valence-corrected chi connectivity index (χ1v) is 5.08. The smallest absolute Gasteiger partial charge is 0.0695 e. The molecule has 0 heterocycles. The quantitative estimate of drug-likeness (QED) is 0.787. The number of rotatable bonds is 1. The van der Waals surface area contributed by atoms with Crippen LogP contribution in [-0.2, 0) is 6.61 Å². The molecule has 3 heteroatoms.